The summed E-state index contributed by atoms with van der Waals surface area (Å²) in [5, 5.41) is 0.579. The fourth-order valence-corrected chi connectivity index (χ4v) is 3.08. The molecule has 1 unspecified atom stereocenters. The number of halogens is 2. The molecule has 0 spiro atoms. The molecule has 1 aliphatic heterocycles. The number of rotatable bonds is 3. The van der Waals surface area contributed by atoms with E-state index in [-0.39, 0.29) is 5.02 Å². The van der Waals surface area contributed by atoms with Crippen LogP contribution in [0.5, 0.6) is 5.75 Å². The van der Waals surface area contributed by atoms with Gasteiger partial charge in [-0.2, -0.15) is 0 Å². The second-order valence-corrected chi connectivity index (χ2v) is 7.21. The number of amides is 4. The highest BCUT2D eigenvalue weighted by Gasteiger charge is 2.44. The lowest BCUT2D eigenvalue weighted by Gasteiger charge is -2.17. The van der Waals surface area contributed by atoms with Crippen LogP contribution in [0.25, 0.3) is 0 Å². The van der Waals surface area contributed by atoms with Crippen LogP contribution in [0.15, 0.2) is 42.5 Å². The summed E-state index contributed by atoms with van der Waals surface area (Å²) >= 11 is 11.9. The first-order valence-electron chi connectivity index (χ1n) is 8.25. The van der Waals surface area contributed by atoms with Gasteiger partial charge in [0.05, 0.1) is 15.7 Å². The largest absolute Gasteiger partial charge is 0.414 e. The lowest BCUT2D eigenvalue weighted by molar-refractivity contribution is -0.119. The SMILES string of the molecule is CN(C)C(=O)Oc1ccc(C2C(=O)N(c3ccc(Cl)c(Cl)c3)C(=O)N2C)cc1. The first-order chi connectivity index (χ1) is 13.2. The number of ether oxygens (including phenoxy) is 1. The Bertz CT molecular complexity index is 947. The first-order valence-corrected chi connectivity index (χ1v) is 9.01. The molecule has 1 heterocycles. The van der Waals surface area contributed by atoms with Gasteiger partial charge >= 0.3 is 12.1 Å². The van der Waals surface area contributed by atoms with Crippen molar-refractivity contribution in [3.63, 3.8) is 0 Å². The van der Waals surface area contributed by atoms with Gasteiger partial charge < -0.3 is 14.5 Å². The molecule has 0 saturated carbocycles. The summed E-state index contributed by atoms with van der Waals surface area (Å²) in [6.07, 6.45) is -0.511. The molecule has 0 radical (unpaired) electrons. The molecule has 9 heteroatoms. The number of benzene rings is 2. The zero-order valence-corrected chi connectivity index (χ0v) is 16.9. The van der Waals surface area contributed by atoms with E-state index in [0.29, 0.717) is 22.0 Å². The number of urea groups is 1. The van der Waals surface area contributed by atoms with E-state index >= 15 is 0 Å². The molecule has 1 aliphatic rings. The molecular weight excluding hydrogens is 405 g/mol. The van der Waals surface area contributed by atoms with E-state index in [4.69, 9.17) is 27.9 Å². The Balaban J connectivity index is 1.86. The Morgan fingerprint density at radius 2 is 1.68 bits per heavy atom. The maximum Gasteiger partial charge on any atom is 0.414 e. The van der Waals surface area contributed by atoms with E-state index in [2.05, 4.69) is 0 Å². The summed E-state index contributed by atoms with van der Waals surface area (Å²) in [6, 6.07) is 9.71. The van der Waals surface area contributed by atoms with Crippen LogP contribution < -0.4 is 9.64 Å². The second-order valence-electron chi connectivity index (χ2n) is 6.40. The second kappa shape index (κ2) is 7.69. The van der Waals surface area contributed by atoms with E-state index in [1.54, 1.807) is 51.5 Å². The number of hydrogen-bond donors (Lipinski definition) is 0. The molecule has 0 aromatic heterocycles. The zero-order valence-electron chi connectivity index (χ0n) is 15.3. The number of anilines is 1. The standard InChI is InChI=1S/C19H17Cl2N3O4/c1-22(2)19(27)28-13-7-4-11(5-8-13)16-17(25)24(18(26)23(16)3)12-6-9-14(20)15(21)10-12/h4-10,16H,1-3H3. The normalized spacial score (nSPS) is 16.5. The van der Waals surface area contributed by atoms with E-state index in [1.807, 2.05) is 0 Å². The molecule has 28 heavy (non-hydrogen) atoms. The molecule has 146 valence electrons. The summed E-state index contributed by atoms with van der Waals surface area (Å²) in [7, 11) is 4.69. The first kappa shape index (κ1) is 20.0. The van der Waals surface area contributed by atoms with E-state index in [1.165, 1.54) is 21.9 Å². The predicted molar refractivity (Wildman–Crippen MR) is 106 cm³/mol. The number of carbonyl (C=O) groups is 3. The molecule has 2 aromatic carbocycles. The van der Waals surface area contributed by atoms with Crippen molar-refractivity contribution in [2.45, 2.75) is 6.04 Å². The molecule has 1 fully saturated rings. The van der Waals surface area contributed by atoms with E-state index < -0.39 is 24.1 Å². The van der Waals surface area contributed by atoms with Crippen LogP contribution in [0.1, 0.15) is 11.6 Å². The van der Waals surface area contributed by atoms with E-state index in [0.717, 1.165) is 4.90 Å². The molecule has 0 bridgehead atoms. The van der Waals surface area contributed by atoms with Gasteiger partial charge in [0.1, 0.15) is 11.8 Å². The Morgan fingerprint density at radius 1 is 1.04 bits per heavy atom. The van der Waals surface area contributed by atoms with Crippen LogP contribution in [0.2, 0.25) is 10.0 Å². The number of imide groups is 1. The zero-order chi connectivity index (χ0) is 20.6. The summed E-state index contributed by atoms with van der Waals surface area (Å²) in [6.45, 7) is 0. The highest BCUT2D eigenvalue weighted by molar-refractivity contribution is 6.42. The molecule has 4 amide bonds. The Morgan fingerprint density at radius 3 is 2.25 bits per heavy atom. The fourth-order valence-electron chi connectivity index (χ4n) is 2.79. The molecule has 1 atom stereocenters. The maximum absolute atomic E-state index is 13.0. The fraction of sp³-hybridized carbons (Fsp3) is 0.211. The van der Waals surface area contributed by atoms with Crippen LogP contribution in [0.4, 0.5) is 15.3 Å². The molecular formula is C19H17Cl2N3O4. The minimum Gasteiger partial charge on any atom is -0.410 e. The van der Waals surface area contributed by atoms with Crippen molar-refractivity contribution in [1.29, 1.82) is 0 Å². The highest BCUT2D eigenvalue weighted by atomic mass is 35.5. The third-order valence-corrected chi connectivity index (χ3v) is 5.00. The molecule has 2 aromatic rings. The number of carbonyl (C=O) groups excluding carboxylic acids is 3. The van der Waals surface area contributed by atoms with Gasteiger partial charge in [-0.05, 0) is 35.9 Å². The third kappa shape index (κ3) is 3.63. The minimum atomic E-state index is -0.805. The van der Waals surface area contributed by atoms with Gasteiger partial charge in [0, 0.05) is 21.1 Å². The van der Waals surface area contributed by atoms with Crippen LogP contribution in [0, 0.1) is 0 Å². The average Bonchev–Trinajstić information content (AvgIpc) is 2.87. The van der Waals surface area contributed by atoms with Crippen molar-refractivity contribution >= 4 is 46.9 Å². The lowest BCUT2D eigenvalue weighted by atomic mass is 10.1. The third-order valence-electron chi connectivity index (χ3n) is 4.26. The molecule has 0 N–H and O–H groups in total. The van der Waals surface area contributed by atoms with Crippen molar-refractivity contribution in [3.8, 4) is 5.75 Å². The lowest BCUT2D eigenvalue weighted by Crippen LogP contribution is -2.31. The predicted octanol–water partition coefficient (Wildman–Crippen LogP) is 4.19. The van der Waals surface area contributed by atoms with E-state index in [9.17, 15) is 14.4 Å². The topological polar surface area (TPSA) is 70.2 Å². The van der Waals surface area contributed by atoms with Gasteiger partial charge in [-0.25, -0.2) is 14.5 Å². The molecule has 3 rings (SSSR count). The van der Waals surface area contributed by atoms with Crippen molar-refractivity contribution < 1.29 is 19.1 Å². The Kier molecular flexibility index (Phi) is 5.49. The number of likely N-dealkylation sites (N-methyl/N-ethyl adjacent to an activating group) is 1. The molecule has 0 aliphatic carbocycles. The average molecular weight is 422 g/mol. The monoisotopic (exact) mass is 421 g/mol. The van der Waals surface area contributed by atoms with Crippen molar-refractivity contribution in [3.05, 3.63) is 58.1 Å². The van der Waals surface area contributed by atoms with Crippen LogP contribution in [0.3, 0.4) is 0 Å². The Hall–Kier alpha value is -2.77. The van der Waals surface area contributed by atoms with Gasteiger partial charge in [-0.3, -0.25) is 4.79 Å². The summed E-state index contributed by atoms with van der Waals surface area (Å²) in [5.41, 5.74) is 0.934. The van der Waals surface area contributed by atoms with Gasteiger partial charge in [-0.15, -0.1) is 0 Å². The number of nitrogens with zero attached hydrogens (tertiary/aromatic N) is 3. The highest BCUT2D eigenvalue weighted by Crippen LogP contribution is 2.36. The van der Waals surface area contributed by atoms with Crippen LogP contribution in [-0.2, 0) is 4.79 Å². The van der Waals surface area contributed by atoms with Gasteiger partial charge in [-0.1, -0.05) is 35.3 Å². The number of hydrogen-bond acceptors (Lipinski definition) is 4. The minimum absolute atomic E-state index is 0.248. The van der Waals surface area contributed by atoms with Crippen molar-refractivity contribution in [2.24, 2.45) is 0 Å². The molecule has 7 nitrogen and oxygen atoms in total. The van der Waals surface area contributed by atoms with Gasteiger partial charge in [0.25, 0.3) is 5.91 Å². The quantitative estimate of drug-likeness (QED) is 0.696. The van der Waals surface area contributed by atoms with Gasteiger partial charge in [0.15, 0.2) is 0 Å². The smallest absolute Gasteiger partial charge is 0.410 e. The molecule has 1 saturated heterocycles. The van der Waals surface area contributed by atoms with Crippen molar-refractivity contribution in [1.82, 2.24) is 9.80 Å². The van der Waals surface area contributed by atoms with Crippen molar-refractivity contribution in [2.75, 3.05) is 26.0 Å². The van der Waals surface area contributed by atoms with Crippen LogP contribution >= 0.6 is 23.2 Å². The summed E-state index contributed by atoms with van der Waals surface area (Å²) in [4.78, 5) is 41.0. The summed E-state index contributed by atoms with van der Waals surface area (Å²) < 4.78 is 5.17. The Labute approximate surface area is 172 Å². The maximum atomic E-state index is 13.0. The van der Waals surface area contributed by atoms with Gasteiger partial charge in [0.2, 0.25) is 0 Å². The van der Waals surface area contributed by atoms with Crippen LogP contribution in [-0.4, -0.2) is 49.0 Å². The summed E-state index contributed by atoms with van der Waals surface area (Å²) in [5.74, 6) is -0.0767.